The van der Waals surface area contributed by atoms with Gasteiger partial charge in [0, 0.05) is 17.8 Å². The Hall–Kier alpha value is -2.95. The molecule has 0 N–H and O–H groups in total. The number of rotatable bonds is 3. The highest BCUT2D eigenvalue weighted by atomic mass is 16.6. The standard InChI is InChI=1S/C21H21NO4/c1-14-11-16-5-3-4-6-17(16)22(14)20(23)8-7-15-12-18(24-2)21-19(13-15)25-9-10-26-21/h3-8,12-14H,9-11H2,1-2H3/b8-7-/t14-/m1/s1. The van der Waals surface area contributed by atoms with Gasteiger partial charge in [0.2, 0.25) is 5.75 Å². The first-order chi connectivity index (χ1) is 12.7. The maximum atomic E-state index is 12.8. The van der Waals surface area contributed by atoms with Crippen molar-refractivity contribution in [3.05, 3.63) is 53.6 Å². The van der Waals surface area contributed by atoms with E-state index in [-0.39, 0.29) is 11.9 Å². The second-order valence-corrected chi connectivity index (χ2v) is 6.47. The lowest BCUT2D eigenvalue weighted by atomic mass is 10.1. The van der Waals surface area contributed by atoms with Gasteiger partial charge in [0.05, 0.1) is 7.11 Å². The highest BCUT2D eigenvalue weighted by molar-refractivity contribution is 6.05. The summed E-state index contributed by atoms with van der Waals surface area (Å²) in [7, 11) is 1.59. The third-order valence-corrected chi connectivity index (χ3v) is 4.71. The number of nitrogens with zero attached hydrogens (tertiary/aromatic N) is 1. The monoisotopic (exact) mass is 351 g/mol. The van der Waals surface area contributed by atoms with Gasteiger partial charge in [-0.2, -0.15) is 0 Å². The molecule has 26 heavy (non-hydrogen) atoms. The molecule has 0 radical (unpaired) electrons. The molecule has 0 saturated heterocycles. The first-order valence-electron chi connectivity index (χ1n) is 8.74. The van der Waals surface area contributed by atoms with Crippen LogP contribution in [0.15, 0.2) is 42.5 Å². The number of carbonyl (C=O) groups is 1. The van der Waals surface area contributed by atoms with E-state index in [0.717, 1.165) is 17.7 Å². The molecule has 4 rings (SSSR count). The molecule has 134 valence electrons. The van der Waals surface area contributed by atoms with Gasteiger partial charge in [-0.25, -0.2) is 0 Å². The van der Waals surface area contributed by atoms with Crippen LogP contribution in [-0.4, -0.2) is 32.3 Å². The number of ether oxygens (including phenoxy) is 3. The average molecular weight is 351 g/mol. The minimum absolute atomic E-state index is 0.0312. The van der Waals surface area contributed by atoms with Gasteiger partial charge < -0.3 is 19.1 Å². The number of para-hydroxylation sites is 1. The van der Waals surface area contributed by atoms with Gasteiger partial charge in [0.25, 0.3) is 5.91 Å². The molecule has 0 saturated carbocycles. The number of methoxy groups -OCH3 is 1. The van der Waals surface area contributed by atoms with Gasteiger partial charge in [-0.1, -0.05) is 18.2 Å². The molecular formula is C21H21NO4. The number of carbonyl (C=O) groups excluding carboxylic acids is 1. The first-order valence-corrected chi connectivity index (χ1v) is 8.74. The topological polar surface area (TPSA) is 48.0 Å². The number of benzene rings is 2. The Labute approximate surface area is 152 Å². The fourth-order valence-electron chi connectivity index (χ4n) is 3.54. The quantitative estimate of drug-likeness (QED) is 0.795. The first kappa shape index (κ1) is 16.5. The molecule has 0 aliphatic carbocycles. The van der Waals surface area contributed by atoms with E-state index in [1.54, 1.807) is 19.3 Å². The maximum Gasteiger partial charge on any atom is 0.251 e. The third-order valence-electron chi connectivity index (χ3n) is 4.71. The average Bonchev–Trinajstić information content (AvgIpc) is 3.01. The molecule has 2 aromatic carbocycles. The van der Waals surface area contributed by atoms with Crippen LogP contribution >= 0.6 is 0 Å². The fourth-order valence-corrected chi connectivity index (χ4v) is 3.54. The number of fused-ring (bicyclic) bond motifs is 2. The lowest BCUT2D eigenvalue weighted by Crippen LogP contribution is -2.34. The Morgan fingerprint density at radius 2 is 2.04 bits per heavy atom. The van der Waals surface area contributed by atoms with E-state index < -0.39 is 0 Å². The van der Waals surface area contributed by atoms with Gasteiger partial charge in [-0.3, -0.25) is 4.79 Å². The van der Waals surface area contributed by atoms with Crippen molar-refractivity contribution >= 4 is 17.7 Å². The summed E-state index contributed by atoms with van der Waals surface area (Å²) < 4.78 is 16.6. The van der Waals surface area contributed by atoms with Gasteiger partial charge in [-0.05, 0) is 48.7 Å². The smallest absolute Gasteiger partial charge is 0.251 e. The van der Waals surface area contributed by atoms with Crippen LogP contribution in [0.3, 0.4) is 0 Å². The zero-order valence-corrected chi connectivity index (χ0v) is 14.9. The largest absolute Gasteiger partial charge is 0.493 e. The van der Waals surface area contributed by atoms with Crippen molar-refractivity contribution in [3.8, 4) is 17.2 Å². The van der Waals surface area contributed by atoms with E-state index in [1.165, 1.54) is 5.56 Å². The van der Waals surface area contributed by atoms with Crippen LogP contribution in [0.25, 0.3) is 6.08 Å². The van der Waals surface area contributed by atoms with Gasteiger partial charge in [0.15, 0.2) is 11.5 Å². The number of anilines is 1. The Morgan fingerprint density at radius 1 is 1.23 bits per heavy atom. The SMILES string of the molecule is COc1cc(/C=C\C(=O)N2c3ccccc3C[C@H]2C)cc2c1OCCO2. The molecule has 5 heteroatoms. The summed E-state index contributed by atoms with van der Waals surface area (Å²) in [5.74, 6) is 1.83. The number of amides is 1. The predicted octanol–water partition coefficient (Wildman–Crippen LogP) is 3.46. The van der Waals surface area contributed by atoms with Crippen molar-refractivity contribution in [1.29, 1.82) is 0 Å². The van der Waals surface area contributed by atoms with E-state index in [4.69, 9.17) is 14.2 Å². The molecule has 0 bridgehead atoms. The summed E-state index contributed by atoms with van der Waals surface area (Å²) in [5, 5.41) is 0. The summed E-state index contributed by atoms with van der Waals surface area (Å²) >= 11 is 0. The van der Waals surface area contributed by atoms with Crippen LogP contribution in [0.1, 0.15) is 18.1 Å². The second-order valence-electron chi connectivity index (χ2n) is 6.47. The van der Waals surface area contributed by atoms with Crippen molar-refractivity contribution in [2.75, 3.05) is 25.2 Å². The molecular weight excluding hydrogens is 330 g/mol. The summed E-state index contributed by atoms with van der Waals surface area (Å²) in [6.45, 7) is 3.08. The molecule has 0 fully saturated rings. The third kappa shape index (κ3) is 2.90. The van der Waals surface area contributed by atoms with Gasteiger partial charge >= 0.3 is 0 Å². The Kier molecular flexibility index (Phi) is 4.29. The van der Waals surface area contributed by atoms with Crippen LogP contribution in [0.2, 0.25) is 0 Å². The van der Waals surface area contributed by atoms with E-state index >= 15 is 0 Å². The van der Waals surface area contributed by atoms with E-state index in [9.17, 15) is 4.79 Å². The summed E-state index contributed by atoms with van der Waals surface area (Å²) in [6, 6.07) is 11.9. The number of hydrogen-bond donors (Lipinski definition) is 0. The summed E-state index contributed by atoms with van der Waals surface area (Å²) in [6.07, 6.45) is 4.27. The van der Waals surface area contributed by atoms with Crippen molar-refractivity contribution in [3.63, 3.8) is 0 Å². The molecule has 2 aliphatic heterocycles. The lowest BCUT2D eigenvalue weighted by molar-refractivity contribution is -0.114. The molecule has 0 spiro atoms. The van der Waals surface area contributed by atoms with Crippen LogP contribution < -0.4 is 19.1 Å². The minimum atomic E-state index is -0.0312. The molecule has 0 unspecified atom stereocenters. The molecule has 5 nitrogen and oxygen atoms in total. The highest BCUT2D eigenvalue weighted by Crippen LogP contribution is 2.40. The van der Waals surface area contributed by atoms with Crippen molar-refractivity contribution < 1.29 is 19.0 Å². The Balaban J connectivity index is 1.59. The molecule has 2 aromatic rings. The number of hydrogen-bond acceptors (Lipinski definition) is 4. The second kappa shape index (κ2) is 6.75. The molecule has 2 heterocycles. The fraction of sp³-hybridized carbons (Fsp3) is 0.286. The van der Waals surface area contributed by atoms with Gasteiger partial charge in [-0.15, -0.1) is 0 Å². The molecule has 1 atom stereocenters. The van der Waals surface area contributed by atoms with Crippen molar-refractivity contribution in [2.24, 2.45) is 0 Å². The predicted molar refractivity (Wildman–Crippen MR) is 100 cm³/mol. The zero-order valence-electron chi connectivity index (χ0n) is 14.9. The van der Waals surface area contributed by atoms with Crippen LogP contribution in [0.5, 0.6) is 17.2 Å². The summed E-state index contributed by atoms with van der Waals surface area (Å²) in [4.78, 5) is 14.6. The van der Waals surface area contributed by atoms with E-state index in [1.807, 2.05) is 35.2 Å². The maximum absolute atomic E-state index is 12.8. The lowest BCUT2D eigenvalue weighted by Gasteiger charge is -2.21. The van der Waals surface area contributed by atoms with E-state index in [0.29, 0.717) is 30.5 Å². The highest BCUT2D eigenvalue weighted by Gasteiger charge is 2.29. The molecule has 1 amide bonds. The zero-order chi connectivity index (χ0) is 18.1. The van der Waals surface area contributed by atoms with Crippen LogP contribution in [0, 0.1) is 0 Å². The van der Waals surface area contributed by atoms with Crippen LogP contribution in [-0.2, 0) is 11.2 Å². The van der Waals surface area contributed by atoms with Crippen LogP contribution in [0.4, 0.5) is 5.69 Å². The molecule has 0 aromatic heterocycles. The van der Waals surface area contributed by atoms with Crippen molar-refractivity contribution in [1.82, 2.24) is 0 Å². The van der Waals surface area contributed by atoms with E-state index in [2.05, 4.69) is 13.0 Å². The minimum Gasteiger partial charge on any atom is -0.493 e. The van der Waals surface area contributed by atoms with Gasteiger partial charge in [0.1, 0.15) is 13.2 Å². The Morgan fingerprint density at radius 3 is 2.88 bits per heavy atom. The summed E-state index contributed by atoms with van der Waals surface area (Å²) in [5.41, 5.74) is 3.04. The normalized spacial score (nSPS) is 18.1. The van der Waals surface area contributed by atoms with Crippen molar-refractivity contribution in [2.45, 2.75) is 19.4 Å². The Bertz CT molecular complexity index is 857. The molecule has 2 aliphatic rings.